The number of anilines is 1. The van der Waals surface area contributed by atoms with E-state index in [-0.39, 0.29) is 5.57 Å². The summed E-state index contributed by atoms with van der Waals surface area (Å²) in [6.45, 7) is 0. The Kier molecular flexibility index (Phi) is 5.57. The Morgan fingerprint density at radius 3 is 2.58 bits per heavy atom. The maximum absolute atomic E-state index is 12.3. The van der Waals surface area contributed by atoms with Crippen LogP contribution < -0.4 is 5.32 Å². The second-order valence-corrected chi connectivity index (χ2v) is 6.55. The first-order chi connectivity index (χ1) is 12.6. The van der Waals surface area contributed by atoms with E-state index in [4.69, 9.17) is 16.0 Å². The summed E-state index contributed by atoms with van der Waals surface area (Å²) in [5.41, 5.74) is 1.25. The van der Waals surface area contributed by atoms with Gasteiger partial charge in [-0.15, -0.1) is 0 Å². The van der Waals surface area contributed by atoms with Gasteiger partial charge in [-0.05, 0) is 52.3 Å². The highest BCUT2D eigenvalue weighted by Gasteiger charge is 2.13. The Bertz CT molecular complexity index is 1030. The minimum Gasteiger partial charge on any atom is -0.457 e. The standard InChI is InChI=1S/C20H12BrClN2O2/c21-16-6-2-4-8-18(16)24-20(25)13(12-23)11-14-9-10-19(26-14)15-5-1-3-7-17(15)22/h1-11H,(H,24,25)/b13-11+. The number of halogens is 2. The van der Waals surface area contributed by atoms with Gasteiger partial charge in [0.25, 0.3) is 5.91 Å². The molecule has 2 aromatic carbocycles. The molecule has 0 aliphatic rings. The van der Waals surface area contributed by atoms with Gasteiger partial charge in [-0.25, -0.2) is 0 Å². The van der Waals surface area contributed by atoms with E-state index >= 15 is 0 Å². The largest absolute Gasteiger partial charge is 0.457 e. The predicted octanol–water partition coefficient (Wildman–Crippen LogP) is 5.91. The second-order valence-electron chi connectivity index (χ2n) is 5.29. The van der Waals surface area contributed by atoms with Crippen LogP contribution in [-0.2, 0) is 4.79 Å². The third kappa shape index (κ3) is 4.05. The lowest BCUT2D eigenvalue weighted by atomic mass is 10.2. The van der Waals surface area contributed by atoms with Crippen molar-refractivity contribution in [1.82, 2.24) is 0 Å². The van der Waals surface area contributed by atoms with Gasteiger partial charge >= 0.3 is 0 Å². The topological polar surface area (TPSA) is 66.0 Å². The summed E-state index contributed by atoms with van der Waals surface area (Å²) in [4.78, 5) is 12.3. The zero-order valence-electron chi connectivity index (χ0n) is 13.4. The molecule has 4 nitrogen and oxygen atoms in total. The van der Waals surface area contributed by atoms with E-state index in [2.05, 4.69) is 21.2 Å². The number of carbonyl (C=O) groups is 1. The number of amides is 1. The van der Waals surface area contributed by atoms with Crippen LogP contribution in [0, 0.1) is 11.3 Å². The van der Waals surface area contributed by atoms with Crippen molar-refractivity contribution in [3.8, 4) is 17.4 Å². The van der Waals surface area contributed by atoms with Gasteiger partial charge in [0.05, 0.1) is 10.7 Å². The molecule has 1 heterocycles. The lowest BCUT2D eigenvalue weighted by Gasteiger charge is -2.05. The summed E-state index contributed by atoms with van der Waals surface area (Å²) in [6, 6.07) is 19.8. The van der Waals surface area contributed by atoms with Gasteiger partial charge in [0, 0.05) is 16.1 Å². The highest BCUT2D eigenvalue weighted by Crippen LogP contribution is 2.29. The average Bonchev–Trinajstić information content (AvgIpc) is 3.10. The monoisotopic (exact) mass is 426 g/mol. The summed E-state index contributed by atoms with van der Waals surface area (Å²) in [5.74, 6) is 0.430. The molecule has 0 atom stereocenters. The number of nitrogens with one attached hydrogen (secondary N) is 1. The molecule has 0 radical (unpaired) electrons. The Hall–Kier alpha value is -2.81. The molecule has 1 N–H and O–H groups in total. The maximum Gasteiger partial charge on any atom is 0.266 e. The molecule has 0 fully saturated rings. The normalized spacial score (nSPS) is 11.0. The predicted molar refractivity (Wildman–Crippen MR) is 106 cm³/mol. The molecule has 1 aromatic heterocycles. The number of hydrogen-bond acceptors (Lipinski definition) is 3. The molecular weight excluding hydrogens is 416 g/mol. The molecule has 6 heteroatoms. The molecular formula is C20H12BrClN2O2. The van der Waals surface area contributed by atoms with Crippen LogP contribution >= 0.6 is 27.5 Å². The SMILES string of the molecule is N#C/C(=C\c1ccc(-c2ccccc2Cl)o1)C(=O)Nc1ccccc1Br. The van der Waals surface area contributed by atoms with E-state index in [0.717, 1.165) is 10.0 Å². The summed E-state index contributed by atoms with van der Waals surface area (Å²) in [7, 11) is 0. The van der Waals surface area contributed by atoms with Crippen molar-refractivity contribution < 1.29 is 9.21 Å². The molecule has 0 aliphatic heterocycles. The van der Waals surface area contributed by atoms with E-state index in [1.165, 1.54) is 6.08 Å². The van der Waals surface area contributed by atoms with Gasteiger partial charge in [-0.2, -0.15) is 5.26 Å². The zero-order chi connectivity index (χ0) is 18.5. The quantitative estimate of drug-likeness (QED) is 0.416. The summed E-state index contributed by atoms with van der Waals surface area (Å²) in [6.07, 6.45) is 1.40. The van der Waals surface area contributed by atoms with Crippen LogP contribution in [0.15, 0.2) is 75.1 Å². The van der Waals surface area contributed by atoms with Crippen LogP contribution in [0.25, 0.3) is 17.4 Å². The maximum atomic E-state index is 12.3. The number of nitrogens with zero attached hydrogens (tertiary/aromatic N) is 1. The van der Waals surface area contributed by atoms with Crippen molar-refractivity contribution in [2.75, 3.05) is 5.32 Å². The highest BCUT2D eigenvalue weighted by atomic mass is 79.9. The average molecular weight is 428 g/mol. The van der Waals surface area contributed by atoms with E-state index < -0.39 is 5.91 Å². The van der Waals surface area contributed by atoms with Gasteiger partial charge in [0.1, 0.15) is 23.2 Å². The first kappa shape index (κ1) is 18.0. The fourth-order valence-electron chi connectivity index (χ4n) is 2.28. The minimum absolute atomic E-state index is 0.0687. The van der Waals surface area contributed by atoms with Crippen molar-refractivity contribution >= 4 is 45.2 Å². The number of hydrogen-bond donors (Lipinski definition) is 1. The number of nitriles is 1. The van der Waals surface area contributed by atoms with Crippen LogP contribution in [0.1, 0.15) is 5.76 Å². The summed E-state index contributed by atoms with van der Waals surface area (Å²) < 4.78 is 6.43. The second kappa shape index (κ2) is 8.05. The Morgan fingerprint density at radius 1 is 1.12 bits per heavy atom. The fraction of sp³-hybridized carbons (Fsp3) is 0. The zero-order valence-corrected chi connectivity index (χ0v) is 15.7. The minimum atomic E-state index is -0.518. The number of furan rings is 1. The number of benzene rings is 2. The first-order valence-corrected chi connectivity index (χ1v) is 8.78. The third-order valence-corrected chi connectivity index (χ3v) is 4.56. The Labute approximate surface area is 163 Å². The Balaban J connectivity index is 1.84. The highest BCUT2D eigenvalue weighted by molar-refractivity contribution is 9.10. The van der Waals surface area contributed by atoms with E-state index in [1.807, 2.05) is 30.3 Å². The third-order valence-electron chi connectivity index (χ3n) is 3.54. The lowest BCUT2D eigenvalue weighted by molar-refractivity contribution is -0.112. The van der Waals surface area contributed by atoms with Gasteiger partial charge in [0.2, 0.25) is 0 Å². The lowest BCUT2D eigenvalue weighted by Crippen LogP contribution is -2.13. The van der Waals surface area contributed by atoms with Crippen molar-refractivity contribution in [3.05, 3.63) is 81.5 Å². The number of rotatable bonds is 4. The van der Waals surface area contributed by atoms with Gasteiger partial charge in [0.15, 0.2) is 0 Å². The molecule has 26 heavy (non-hydrogen) atoms. The van der Waals surface area contributed by atoms with Crippen molar-refractivity contribution in [2.24, 2.45) is 0 Å². The van der Waals surface area contributed by atoms with Gasteiger partial charge in [-0.1, -0.05) is 35.9 Å². The van der Waals surface area contributed by atoms with Crippen LogP contribution in [0.2, 0.25) is 5.02 Å². The van der Waals surface area contributed by atoms with E-state index in [9.17, 15) is 10.1 Å². The Morgan fingerprint density at radius 2 is 1.85 bits per heavy atom. The number of para-hydroxylation sites is 1. The first-order valence-electron chi connectivity index (χ1n) is 7.61. The molecule has 0 bridgehead atoms. The number of carbonyl (C=O) groups excluding carboxylic acids is 1. The van der Waals surface area contributed by atoms with Crippen molar-refractivity contribution in [1.29, 1.82) is 5.26 Å². The smallest absolute Gasteiger partial charge is 0.266 e. The summed E-state index contributed by atoms with van der Waals surface area (Å²) >= 11 is 9.51. The molecule has 3 aromatic rings. The van der Waals surface area contributed by atoms with E-state index in [0.29, 0.717) is 22.2 Å². The fourth-order valence-corrected chi connectivity index (χ4v) is 2.89. The van der Waals surface area contributed by atoms with Gasteiger partial charge in [-0.3, -0.25) is 4.79 Å². The van der Waals surface area contributed by atoms with Crippen LogP contribution in [0.5, 0.6) is 0 Å². The molecule has 0 unspecified atom stereocenters. The van der Waals surface area contributed by atoms with Crippen molar-refractivity contribution in [3.63, 3.8) is 0 Å². The molecule has 0 spiro atoms. The molecule has 3 rings (SSSR count). The van der Waals surface area contributed by atoms with Crippen LogP contribution in [-0.4, -0.2) is 5.91 Å². The molecule has 0 aliphatic carbocycles. The molecule has 0 saturated heterocycles. The molecule has 128 valence electrons. The van der Waals surface area contributed by atoms with Crippen LogP contribution in [0.3, 0.4) is 0 Å². The van der Waals surface area contributed by atoms with Crippen molar-refractivity contribution in [2.45, 2.75) is 0 Å². The van der Waals surface area contributed by atoms with Crippen LogP contribution in [0.4, 0.5) is 5.69 Å². The van der Waals surface area contributed by atoms with Gasteiger partial charge < -0.3 is 9.73 Å². The summed E-state index contributed by atoms with van der Waals surface area (Å²) in [5, 5.41) is 12.6. The molecule has 0 saturated carbocycles. The van der Waals surface area contributed by atoms with E-state index in [1.54, 1.807) is 36.4 Å². The molecule has 1 amide bonds.